The minimum Gasteiger partial charge on any atom is -0.466 e. The van der Waals surface area contributed by atoms with Crippen LogP contribution in [0.25, 0.3) is 0 Å². The summed E-state index contributed by atoms with van der Waals surface area (Å²) in [6, 6.07) is 4.20. The summed E-state index contributed by atoms with van der Waals surface area (Å²) in [7, 11) is 0. The smallest absolute Gasteiger partial charge is 0.305 e. The fourth-order valence-corrected chi connectivity index (χ4v) is 4.86. The SMILES string of the molecule is CCCCCCCCCCCCOC(=O)CCC(C)(C#N)N=NC(C)(C#N)CCC(=O)OCCCCCCCCCCCC. The van der Waals surface area contributed by atoms with Gasteiger partial charge < -0.3 is 9.47 Å². The Morgan fingerprint density at radius 1 is 0.523 bits per heavy atom. The largest absolute Gasteiger partial charge is 0.466 e. The summed E-state index contributed by atoms with van der Waals surface area (Å²) in [5.41, 5.74) is -2.52. The van der Waals surface area contributed by atoms with E-state index in [1.54, 1.807) is 13.8 Å². The van der Waals surface area contributed by atoms with E-state index >= 15 is 0 Å². The van der Waals surface area contributed by atoms with Gasteiger partial charge in [0.2, 0.25) is 0 Å². The van der Waals surface area contributed by atoms with E-state index in [2.05, 4.69) is 36.2 Å². The maximum Gasteiger partial charge on any atom is 0.305 e. The quantitative estimate of drug-likeness (QED) is 0.0449. The Hall–Kier alpha value is -2.48. The van der Waals surface area contributed by atoms with Gasteiger partial charge in [-0.05, 0) is 39.5 Å². The zero-order valence-corrected chi connectivity index (χ0v) is 28.8. The highest BCUT2D eigenvalue weighted by molar-refractivity contribution is 5.69. The minimum absolute atomic E-state index is 0.0510. The van der Waals surface area contributed by atoms with Crippen molar-refractivity contribution in [2.24, 2.45) is 10.2 Å². The number of hydrogen-bond donors (Lipinski definition) is 0. The van der Waals surface area contributed by atoms with Crippen LogP contribution in [0.4, 0.5) is 0 Å². The van der Waals surface area contributed by atoms with Crippen LogP contribution in [0.15, 0.2) is 10.2 Å². The summed E-state index contributed by atoms with van der Waals surface area (Å²) in [4.78, 5) is 24.4. The molecule has 0 aromatic carbocycles. The topological polar surface area (TPSA) is 125 Å². The maximum absolute atomic E-state index is 12.2. The summed E-state index contributed by atoms with van der Waals surface area (Å²) >= 11 is 0. The molecule has 44 heavy (non-hydrogen) atoms. The second-order valence-electron chi connectivity index (χ2n) is 12.8. The van der Waals surface area contributed by atoms with Gasteiger partial charge in [0.1, 0.15) is 0 Å². The van der Waals surface area contributed by atoms with E-state index in [0.717, 1.165) is 38.5 Å². The fraction of sp³-hybridized carbons (Fsp3) is 0.889. The molecule has 0 fully saturated rings. The van der Waals surface area contributed by atoms with Crippen molar-refractivity contribution in [2.75, 3.05) is 13.2 Å². The highest BCUT2D eigenvalue weighted by Crippen LogP contribution is 2.24. The molecule has 8 nitrogen and oxygen atoms in total. The normalized spacial score (nSPS) is 14.0. The van der Waals surface area contributed by atoms with E-state index in [0.29, 0.717) is 13.2 Å². The van der Waals surface area contributed by atoms with Gasteiger partial charge in [-0.1, -0.05) is 129 Å². The molecule has 0 aromatic heterocycles. The lowest BCUT2D eigenvalue weighted by atomic mass is 9.97. The lowest BCUT2D eigenvalue weighted by Gasteiger charge is -2.19. The van der Waals surface area contributed by atoms with Gasteiger partial charge in [0, 0.05) is 12.8 Å². The van der Waals surface area contributed by atoms with E-state index in [1.165, 1.54) is 89.9 Å². The van der Waals surface area contributed by atoms with Crippen LogP contribution in [0.3, 0.4) is 0 Å². The first-order chi connectivity index (χ1) is 21.2. The molecule has 0 aliphatic rings. The average Bonchev–Trinajstić information content (AvgIpc) is 3.03. The summed E-state index contributed by atoms with van der Waals surface area (Å²) in [5, 5.41) is 27.6. The number of carbonyl (C=O) groups is 2. The predicted molar refractivity (Wildman–Crippen MR) is 177 cm³/mol. The molecular weight excluding hydrogens is 552 g/mol. The first-order valence-corrected chi connectivity index (χ1v) is 17.8. The highest BCUT2D eigenvalue weighted by atomic mass is 16.5. The number of carbonyl (C=O) groups excluding carboxylic acids is 2. The minimum atomic E-state index is -1.26. The summed E-state index contributed by atoms with van der Waals surface area (Å²) < 4.78 is 10.7. The summed E-state index contributed by atoms with van der Waals surface area (Å²) in [6.07, 6.45) is 24.7. The van der Waals surface area contributed by atoms with Crippen LogP contribution >= 0.6 is 0 Å². The van der Waals surface area contributed by atoms with Crippen molar-refractivity contribution in [3.8, 4) is 12.1 Å². The molecule has 8 heteroatoms. The molecule has 252 valence electrons. The van der Waals surface area contributed by atoms with Crippen LogP contribution < -0.4 is 0 Å². The lowest BCUT2D eigenvalue weighted by molar-refractivity contribution is -0.145. The molecule has 0 bridgehead atoms. The van der Waals surface area contributed by atoms with E-state index in [1.807, 2.05) is 0 Å². The van der Waals surface area contributed by atoms with Crippen molar-refractivity contribution >= 4 is 11.9 Å². The number of nitriles is 2. The maximum atomic E-state index is 12.2. The van der Waals surface area contributed by atoms with Gasteiger partial charge in [-0.3, -0.25) is 9.59 Å². The fourth-order valence-electron chi connectivity index (χ4n) is 4.86. The van der Waals surface area contributed by atoms with Gasteiger partial charge in [0.05, 0.1) is 25.4 Å². The molecule has 0 saturated carbocycles. The van der Waals surface area contributed by atoms with Crippen LogP contribution in [0.1, 0.15) is 182 Å². The van der Waals surface area contributed by atoms with Crippen LogP contribution in [0, 0.1) is 22.7 Å². The van der Waals surface area contributed by atoms with Crippen LogP contribution in [-0.2, 0) is 19.1 Å². The number of hydrogen-bond acceptors (Lipinski definition) is 8. The third kappa shape index (κ3) is 24.9. The molecule has 0 aliphatic heterocycles. The van der Waals surface area contributed by atoms with Crippen LogP contribution in [0.5, 0.6) is 0 Å². The highest BCUT2D eigenvalue weighted by Gasteiger charge is 2.30. The standard InChI is InChI=1S/C36H64N4O4/c1-5-7-9-11-13-15-17-19-21-23-29-43-33(41)25-27-35(3,31-37)39-40-36(4,32-38)28-26-34(42)44-30-24-22-20-18-16-14-12-10-8-6-2/h5-30H2,1-4H3. The second kappa shape index (κ2) is 28.0. The summed E-state index contributed by atoms with van der Waals surface area (Å²) in [6.45, 7) is 8.42. The van der Waals surface area contributed by atoms with Crippen molar-refractivity contribution in [3.63, 3.8) is 0 Å². The monoisotopic (exact) mass is 616 g/mol. The molecule has 0 saturated heterocycles. The molecule has 2 atom stereocenters. The van der Waals surface area contributed by atoms with Crippen molar-refractivity contribution in [2.45, 2.75) is 193 Å². The molecule has 0 radical (unpaired) electrons. The number of nitrogens with zero attached hydrogens (tertiary/aromatic N) is 4. The van der Waals surface area contributed by atoms with Crippen molar-refractivity contribution < 1.29 is 19.1 Å². The van der Waals surface area contributed by atoms with Gasteiger partial charge in [-0.25, -0.2) is 0 Å². The van der Waals surface area contributed by atoms with Crippen molar-refractivity contribution in [1.29, 1.82) is 10.5 Å². The van der Waals surface area contributed by atoms with Gasteiger partial charge >= 0.3 is 11.9 Å². The average molecular weight is 617 g/mol. The summed E-state index contributed by atoms with van der Waals surface area (Å²) in [5.74, 6) is -0.711. The number of azo groups is 1. The van der Waals surface area contributed by atoms with Gasteiger partial charge in [-0.2, -0.15) is 20.8 Å². The Bertz CT molecular complexity index is 782. The molecule has 0 aromatic rings. The van der Waals surface area contributed by atoms with E-state index in [-0.39, 0.29) is 37.6 Å². The second-order valence-corrected chi connectivity index (χ2v) is 12.8. The van der Waals surface area contributed by atoms with Crippen LogP contribution in [0.2, 0.25) is 0 Å². The Morgan fingerprint density at radius 2 is 0.795 bits per heavy atom. The molecule has 0 aliphatic carbocycles. The Labute approximate surface area is 269 Å². The Kier molecular flexibility index (Phi) is 26.4. The molecular formula is C36H64N4O4. The zero-order valence-electron chi connectivity index (χ0n) is 28.8. The lowest BCUT2D eigenvalue weighted by Crippen LogP contribution is -2.25. The van der Waals surface area contributed by atoms with Crippen LogP contribution in [-0.4, -0.2) is 36.2 Å². The first-order valence-electron chi connectivity index (χ1n) is 17.8. The Balaban J connectivity index is 4.17. The van der Waals surface area contributed by atoms with Crippen molar-refractivity contribution in [1.82, 2.24) is 0 Å². The van der Waals surface area contributed by atoms with Gasteiger partial charge in [0.15, 0.2) is 11.1 Å². The van der Waals surface area contributed by atoms with E-state index < -0.39 is 11.1 Å². The molecule has 0 heterocycles. The number of rotatable bonds is 30. The molecule has 0 rings (SSSR count). The van der Waals surface area contributed by atoms with E-state index in [9.17, 15) is 20.1 Å². The molecule has 0 N–H and O–H groups in total. The molecule has 0 amide bonds. The zero-order chi connectivity index (χ0) is 32.8. The predicted octanol–water partition coefficient (Wildman–Crippen LogP) is 10.5. The molecule has 2 unspecified atom stereocenters. The van der Waals surface area contributed by atoms with Gasteiger partial charge in [0.25, 0.3) is 0 Å². The number of esters is 2. The number of ether oxygens (including phenoxy) is 2. The third-order valence-electron chi connectivity index (χ3n) is 8.13. The van der Waals surface area contributed by atoms with Gasteiger partial charge in [-0.15, -0.1) is 0 Å². The molecule has 0 spiro atoms. The van der Waals surface area contributed by atoms with Crippen molar-refractivity contribution in [3.05, 3.63) is 0 Å². The Morgan fingerprint density at radius 3 is 1.07 bits per heavy atom. The van der Waals surface area contributed by atoms with E-state index in [4.69, 9.17) is 9.47 Å². The first kappa shape index (κ1) is 41.5. The third-order valence-corrected chi connectivity index (χ3v) is 8.13. The number of unbranched alkanes of at least 4 members (excludes halogenated alkanes) is 18.